The summed E-state index contributed by atoms with van der Waals surface area (Å²) in [6.07, 6.45) is -3.27. The van der Waals surface area contributed by atoms with Gasteiger partial charge in [-0.3, -0.25) is 9.48 Å². The van der Waals surface area contributed by atoms with E-state index in [0.29, 0.717) is 25.1 Å². The first-order valence-corrected chi connectivity index (χ1v) is 10.5. The number of fused-ring (bicyclic) bond motifs is 1. The minimum atomic E-state index is -4.56. The van der Waals surface area contributed by atoms with Crippen LogP contribution in [-0.2, 0) is 18.6 Å². The van der Waals surface area contributed by atoms with Gasteiger partial charge in [0, 0.05) is 31.5 Å². The van der Waals surface area contributed by atoms with E-state index in [4.69, 9.17) is 4.52 Å². The first-order valence-electron chi connectivity index (χ1n) is 10.5. The molecule has 10 heteroatoms. The summed E-state index contributed by atoms with van der Waals surface area (Å²) >= 11 is 0. The first-order chi connectivity index (χ1) is 14.9. The van der Waals surface area contributed by atoms with Gasteiger partial charge in [-0.1, -0.05) is 25.9 Å². The van der Waals surface area contributed by atoms with Crippen LogP contribution in [0.3, 0.4) is 0 Å². The largest absolute Gasteiger partial charge is 0.417 e. The van der Waals surface area contributed by atoms with E-state index in [0.717, 1.165) is 11.8 Å². The molecule has 0 aliphatic carbocycles. The Labute approximate surface area is 183 Å². The molecule has 4 rings (SSSR count). The Kier molecular flexibility index (Phi) is 5.29. The molecule has 1 atom stereocenters. The molecular weight excluding hydrogens is 423 g/mol. The number of nitrogens with zero attached hydrogens (tertiary/aromatic N) is 5. The molecule has 4 heterocycles. The normalized spacial score (nSPS) is 17.9. The molecule has 0 unspecified atom stereocenters. The van der Waals surface area contributed by atoms with E-state index in [1.54, 1.807) is 22.7 Å². The van der Waals surface area contributed by atoms with Gasteiger partial charge in [-0.25, -0.2) is 4.98 Å². The lowest BCUT2D eigenvalue weighted by Gasteiger charge is -2.32. The molecule has 3 aromatic rings. The molecule has 1 saturated heterocycles. The van der Waals surface area contributed by atoms with E-state index >= 15 is 0 Å². The predicted octanol–water partition coefficient (Wildman–Crippen LogP) is 4.60. The van der Waals surface area contributed by atoms with Crippen LogP contribution in [0.15, 0.2) is 16.7 Å². The van der Waals surface area contributed by atoms with Crippen LogP contribution in [0.1, 0.15) is 72.7 Å². The van der Waals surface area contributed by atoms with Crippen molar-refractivity contribution < 1.29 is 22.5 Å². The summed E-state index contributed by atoms with van der Waals surface area (Å²) in [6, 6.07) is 2.86. The van der Waals surface area contributed by atoms with E-state index in [9.17, 15) is 18.0 Å². The number of hydrogen-bond donors (Lipinski definition) is 0. The second kappa shape index (κ2) is 7.60. The molecule has 0 N–H and O–H groups in total. The molecule has 1 aliphatic heterocycles. The summed E-state index contributed by atoms with van der Waals surface area (Å²) in [5.41, 5.74) is 0.541. The summed E-state index contributed by atoms with van der Waals surface area (Å²) in [5.74, 6) is -0.522. The number of carbonyl (C=O) groups is 1. The minimum absolute atomic E-state index is 0.116. The fraction of sp³-hybridized carbons (Fsp3) is 0.545. The first kappa shape index (κ1) is 22.3. The quantitative estimate of drug-likeness (QED) is 0.572. The van der Waals surface area contributed by atoms with E-state index in [2.05, 4.69) is 15.2 Å². The van der Waals surface area contributed by atoms with Gasteiger partial charge in [-0.15, -0.1) is 0 Å². The molecule has 0 spiro atoms. The Balaban J connectivity index is 1.64. The Hall–Kier alpha value is -2.91. The number of aromatic nitrogens is 4. The highest BCUT2D eigenvalue weighted by Gasteiger charge is 2.37. The topological polar surface area (TPSA) is 77.1 Å². The Morgan fingerprint density at radius 2 is 1.94 bits per heavy atom. The van der Waals surface area contributed by atoms with E-state index in [1.807, 2.05) is 20.8 Å². The van der Waals surface area contributed by atoms with Gasteiger partial charge in [0.15, 0.2) is 0 Å². The number of alkyl halides is 3. The average molecular weight is 449 g/mol. The fourth-order valence-electron chi connectivity index (χ4n) is 4.15. The monoisotopic (exact) mass is 449 g/mol. The van der Waals surface area contributed by atoms with E-state index < -0.39 is 11.7 Å². The highest BCUT2D eigenvalue weighted by molar-refractivity contribution is 5.93. The van der Waals surface area contributed by atoms with Crippen molar-refractivity contribution in [1.82, 2.24) is 24.8 Å². The summed E-state index contributed by atoms with van der Waals surface area (Å²) < 4.78 is 47.8. The van der Waals surface area contributed by atoms with Gasteiger partial charge in [-0.2, -0.15) is 18.3 Å². The number of halogens is 3. The third-order valence-electron chi connectivity index (χ3n) is 5.94. The van der Waals surface area contributed by atoms with Crippen molar-refractivity contribution in [3.63, 3.8) is 0 Å². The molecule has 0 aromatic carbocycles. The van der Waals surface area contributed by atoms with Crippen molar-refractivity contribution in [3.05, 3.63) is 40.5 Å². The summed E-state index contributed by atoms with van der Waals surface area (Å²) in [7, 11) is 1.72. The van der Waals surface area contributed by atoms with Gasteiger partial charge >= 0.3 is 6.18 Å². The smallest absolute Gasteiger partial charge is 0.337 e. The van der Waals surface area contributed by atoms with Crippen LogP contribution in [-0.4, -0.2) is 43.8 Å². The summed E-state index contributed by atoms with van der Waals surface area (Å²) in [4.78, 5) is 19.2. The maximum absolute atomic E-state index is 13.7. The lowest BCUT2D eigenvalue weighted by Crippen LogP contribution is -2.40. The standard InChI is InChI=1S/C22H26F3N5O2/c1-12-18-14(22(23,24)25)9-15(26-19(18)32-28-12)13-7-6-8-30(11-13)20(31)16-10-17(21(2,3)4)27-29(16)5/h9-10,13H,6-8,11H2,1-5H3/t13-/m0/s1. The maximum atomic E-state index is 13.7. The number of likely N-dealkylation sites (tertiary alicyclic amines) is 1. The van der Waals surface area contributed by atoms with Crippen molar-refractivity contribution in [1.29, 1.82) is 0 Å². The molecule has 0 saturated carbocycles. The zero-order chi connectivity index (χ0) is 23.4. The number of pyridine rings is 1. The van der Waals surface area contributed by atoms with Crippen LogP contribution in [0, 0.1) is 6.92 Å². The van der Waals surface area contributed by atoms with Crippen molar-refractivity contribution in [2.45, 2.75) is 58.0 Å². The van der Waals surface area contributed by atoms with Gasteiger partial charge in [0.1, 0.15) is 5.69 Å². The number of amides is 1. The molecule has 0 radical (unpaired) electrons. The third-order valence-corrected chi connectivity index (χ3v) is 5.94. The van der Waals surface area contributed by atoms with Gasteiger partial charge in [0.2, 0.25) is 0 Å². The van der Waals surface area contributed by atoms with Crippen LogP contribution in [0.4, 0.5) is 13.2 Å². The number of hydrogen-bond acceptors (Lipinski definition) is 5. The van der Waals surface area contributed by atoms with Crippen molar-refractivity contribution in [2.24, 2.45) is 7.05 Å². The van der Waals surface area contributed by atoms with Gasteiger partial charge < -0.3 is 9.42 Å². The zero-order valence-corrected chi connectivity index (χ0v) is 18.7. The molecule has 172 valence electrons. The number of rotatable bonds is 2. The zero-order valence-electron chi connectivity index (χ0n) is 18.7. The molecule has 32 heavy (non-hydrogen) atoms. The Morgan fingerprint density at radius 3 is 2.56 bits per heavy atom. The summed E-state index contributed by atoms with van der Waals surface area (Å²) in [6.45, 7) is 8.32. The van der Waals surface area contributed by atoms with Crippen LogP contribution in [0.2, 0.25) is 0 Å². The van der Waals surface area contributed by atoms with Crippen molar-refractivity contribution >= 4 is 17.0 Å². The van der Waals surface area contributed by atoms with Crippen molar-refractivity contribution in [2.75, 3.05) is 13.1 Å². The molecule has 7 nitrogen and oxygen atoms in total. The lowest BCUT2D eigenvalue weighted by molar-refractivity contribution is -0.136. The molecular formula is C22H26F3N5O2. The van der Waals surface area contributed by atoms with Crippen molar-refractivity contribution in [3.8, 4) is 0 Å². The maximum Gasteiger partial charge on any atom is 0.417 e. The number of carbonyl (C=O) groups excluding carboxylic acids is 1. The summed E-state index contributed by atoms with van der Waals surface area (Å²) in [5, 5.41) is 8.01. The van der Waals surface area contributed by atoms with Crippen LogP contribution in [0.5, 0.6) is 0 Å². The van der Waals surface area contributed by atoms with E-state index in [-0.39, 0.29) is 46.3 Å². The highest BCUT2D eigenvalue weighted by Crippen LogP contribution is 2.38. The third kappa shape index (κ3) is 3.98. The highest BCUT2D eigenvalue weighted by atomic mass is 19.4. The van der Waals surface area contributed by atoms with Gasteiger partial charge in [0.25, 0.3) is 11.6 Å². The molecule has 1 aliphatic rings. The Bertz CT molecular complexity index is 1170. The number of piperidine rings is 1. The molecule has 1 amide bonds. The molecule has 1 fully saturated rings. The second-order valence-electron chi connectivity index (χ2n) is 9.42. The number of aryl methyl sites for hydroxylation is 2. The Morgan fingerprint density at radius 1 is 1.22 bits per heavy atom. The van der Waals surface area contributed by atoms with E-state index in [1.165, 1.54) is 6.92 Å². The SMILES string of the molecule is Cc1noc2nc([C@H]3CCCN(C(=O)c4cc(C(C)(C)C)nn4C)C3)cc(C(F)(F)F)c12. The van der Waals surface area contributed by atoms with Crippen LogP contribution < -0.4 is 0 Å². The lowest BCUT2D eigenvalue weighted by atomic mass is 9.91. The van der Waals surface area contributed by atoms with Crippen LogP contribution in [0.25, 0.3) is 11.1 Å². The minimum Gasteiger partial charge on any atom is -0.337 e. The average Bonchev–Trinajstić information content (AvgIpc) is 3.29. The molecule has 3 aromatic heterocycles. The predicted molar refractivity (Wildman–Crippen MR) is 111 cm³/mol. The van der Waals surface area contributed by atoms with Gasteiger partial charge in [-0.05, 0) is 31.9 Å². The fourth-order valence-corrected chi connectivity index (χ4v) is 4.15. The van der Waals surface area contributed by atoms with Crippen LogP contribution >= 0.6 is 0 Å². The molecule has 0 bridgehead atoms. The van der Waals surface area contributed by atoms with Gasteiger partial charge in [0.05, 0.1) is 28.0 Å². The second-order valence-corrected chi connectivity index (χ2v) is 9.42.